The number of imidazole rings is 1. The fraction of sp³-hybridized carbons (Fsp3) is 0.211. The van der Waals surface area contributed by atoms with Crippen LogP contribution in [0.3, 0.4) is 0 Å². The van der Waals surface area contributed by atoms with Gasteiger partial charge in [0, 0.05) is 18.3 Å². The normalized spacial score (nSPS) is 13.0. The Balaban J connectivity index is 1.54. The van der Waals surface area contributed by atoms with Gasteiger partial charge >= 0.3 is 5.97 Å². The number of carbonyl (C=O) groups is 2. The van der Waals surface area contributed by atoms with E-state index in [1.807, 2.05) is 44.3 Å². The van der Waals surface area contributed by atoms with Crippen molar-refractivity contribution in [3.63, 3.8) is 0 Å². The molecule has 0 atom stereocenters. The molecule has 3 heterocycles. The fourth-order valence-electron chi connectivity index (χ4n) is 3.10. The number of nitrogens with one attached hydrogen (secondary N) is 1. The summed E-state index contributed by atoms with van der Waals surface area (Å²) in [5.41, 5.74) is 4.87. The maximum Gasteiger partial charge on any atom is 0.315 e. The van der Waals surface area contributed by atoms with Crippen molar-refractivity contribution in [2.75, 3.05) is 0 Å². The molecule has 1 aliphatic heterocycles. The van der Waals surface area contributed by atoms with E-state index in [-0.39, 0.29) is 18.3 Å². The number of carbonyl (C=O) groups excluding carboxylic acids is 2. The summed E-state index contributed by atoms with van der Waals surface area (Å²) < 4.78 is 6.88. The van der Waals surface area contributed by atoms with Gasteiger partial charge in [0.25, 0.3) is 5.91 Å². The highest BCUT2D eigenvalue weighted by molar-refractivity contribution is 5.94. The molecule has 0 saturated carbocycles. The topological polar surface area (TPSA) is 72.7 Å². The monoisotopic (exact) mass is 335 g/mol. The molecule has 1 N–H and O–H groups in total. The molecule has 0 saturated heterocycles. The molecule has 0 unspecified atom stereocenters. The van der Waals surface area contributed by atoms with Crippen molar-refractivity contribution in [1.29, 1.82) is 0 Å². The lowest BCUT2D eigenvalue weighted by molar-refractivity contribution is -0.131. The number of hydrogen-bond acceptors (Lipinski definition) is 4. The predicted octanol–water partition coefficient (Wildman–Crippen LogP) is 2.34. The number of hydrogen-bond donors (Lipinski definition) is 1. The van der Waals surface area contributed by atoms with Crippen LogP contribution >= 0.6 is 0 Å². The lowest BCUT2D eigenvalue weighted by Crippen LogP contribution is -2.25. The number of pyridine rings is 1. The zero-order valence-electron chi connectivity index (χ0n) is 14.0. The number of nitrogens with zero attached hydrogens (tertiary/aromatic N) is 2. The molecule has 3 aromatic rings. The molecule has 1 aliphatic rings. The molecular formula is C19H17N3O3. The first-order chi connectivity index (χ1) is 12.0. The first-order valence-electron chi connectivity index (χ1n) is 8.07. The smallest absolute Gasteiger partial charge is 0.315 e. The number of ether oxygens (including phenoxy) is 1. The maximum absolute atomic E-state index is 12.6. The van der Waals surface area contributed by atoms with Crippen LogP contribution in [0.1, 0.15) is 32.9 Å². The average molecular weight is 335 g/mol. The molecule has 25 heavy (non-hydrogen) atoms. The molecule has 0 aliphatic carbocycles. The van der Waals surface area contributed by atoms with Gasteiger partial charge in [-0.05, 0) is 49.2 Å². The van der Waals surface area contributed by atoms with Crippen LogP contribution in [-0.2, 0) is 17.8 Å². The zero-order valence-corrected chi connectivity index (χ0v) is 14.0. The molecule has 126 valence electrons. The Kier molecular flexibility index (Phi) is 3.53. The third-order valence-corrected chi connectivity index (χ3v) is 4.31. The van der Waals surface area contributed by atoms with Crippen molar-refractivity contribution in [2.24, 2.45) is 0 Å². The zero-order chi connectivity index (χ0) is 17.6. The van der Waals surface area contributed by atoms with Crippen molar-refractivity contribution < 1.29 is 14.3 Å². The Bertz CT molecular complexity index is 1020. The van der Waals surface area contributed by atoms with E-state index in [1.54, 1.807) is 10.5 Å². The Morgan fingerprint density at radius 3 is 2.96 bits per heavy atom. The van der Waals surface area contributed by atoms with Crippen molar-refractivity contribution in [3.05, 3.63) is 64.6 Å². The van der Waals surface area contributed by atoms with Crippen LogP contribution in [0.5, 0.6) is 5.75 Å². The minimum absolute atomic E-state index is 0.179. The van der Waals surface area contributed by atoms with Crippen LogP contribution in [0, 0.1) is 13.8 Å². The van der Waals surface area contributed by atoms with Gasteiger partial charge in [-0.2, -0.15) is 0 Å². The minimum atomic E-state index is -0.243. The van der Waals surface area contributed by atoms with E-state index in [2.05, 4.69) is 10.3 Å². The van der Waals surface area contributed by atoms with E-state index in [0.29, 0.717) is 23.7 Å². The quantitative estimate of drug-likeness (QED) is 0.589. The number of benzene rings is 1. The number of rotatable bonds is 3. The molecule has 2 aromatic heterocycles. The van der Waals surface area contributed by atoms with Gasteiger partial charge in [0.1, 0.15) is 17.1 Å². The Morgan fingerprint density at radius 1 is 1.28 bits per heavy atom. The minimum Gasteiger partial charge on any atom is -0.426 e. The number of aromatic nitrogens is 2. The Hall–Kier alpha value is -3.15. The molecule has 0 spiro atoms. The summed E-state index contributed by atoms with van der Waals surface area (Å²) in [6, 6.07) is 9.40. The van der Waals surface area contributed by atoms with Crippen LogP contribution in [0.4, 0.5) is 0 Å². The van der Waals surface area contributed by atoms with E-state index in [4.69, 9.17) is 4.74 Å². The van der Waals surface area contributed by atoms with E-state index >= 15 is 0 Å². The first kappa shape index (κ1) is 15.4. The first-order valence-corrected chi connectivity index (χ1v) is 8.07. The Morgan fingerprint density at radius 2 is 2.12 bits per heavy atom. The van der Waals surface area contributed by atoms with Gasteiger partial charge in [-0.25, -0.2) is 4.98 Å². The highest BCUT2D eigenvalue weighted by atomic mass is 16.5. The summed E-state index contributed by atoms with van der Waals surface area (Å²) in [5.74, 6) is 0.183. The average Bonchev–Trinajstić information content (AvgIpc) is 3.09. The number of aryl methyl sites for hydroxylation is 2. The molecule has 6 nitrogen and oxygen atoms in total. The van der Waals surface area contributed by atoms with Crippen molar-refractivity contribution in [3.8, 4) is 5.75 Å². The summed E-state index contributed by atoms with van der Waals surface area (Å²) in [6.45, 7) is 4.19. The highest BCUT2D eigenvalue weighted by Crippen LogP contribution is 2.26. The number of esters is 1. The second-order valence-electron chi connectivity index (χ2n) is 6.25. The van der Waals surface area contributed by atoms with Gasteiger partial charge < -0.3 is 10.1 Å². The fourth-order valence-corrected chi connectivity index (χ4v) is 3.10. The largest absolute Gasteiger partial charge is 0.426 e. The van der Waals surface area contributed by atoms with E-state index in [1.165, 1.54) is 0 Å². The molecule has 1 amide bonds. The molecule has 0 bridgehead atoms. The van der Waals surface area contributed by atoms with Crippen molar-refractivity contribution >= 4 is 17.5 Å². The van der Waals surface area contributed by atoms with Gasteiger partial charge in [-0.3, -0.25) is 14.0 Å². The predicted molar refractivity (Wildman–Crippen MR) is 91.6 cm³/mol. The summed E-state index contributed by atoms with van der Waals surface area (Å²) in [4.78, 5) is 28.4. The van der Waals surface area contributed by atoms with E-state index in [9.17, 15) is 9.59 Å². The van der Waals surface area contributed by atoms with Gasteiger partial charge in [-0.15, -0.1) is 0 Å². The van der Waals surface area contributed by atoms with Crippen LogP contribution in [0.25, 0.3) is 5.65 Å². The van der Waals surface area contributed by atoms with Crippen LogP contribution in [0.2, 0.25) is 0 Å². The van der Waals surface area contributed by atoms with Crippen LogP contribution in [0.15, 0.2) is 36.5 Å². The van der Waals surface area contributed by atoms with Gasteiger partial charge in [0.2, 0.25) is 0 Å². The summed E-state index contributed by atoms with van der Waals surface area (Å²) in [6.07, 6.45) is 2.14. The molecule has 6 heteroatoms. The van der Waals surface area contributed by atoms with Gasteiger partial charge in [-0.1, -0.05) is 6.07 Å². The van der Waals surface area contributed by atoms with Gasteiger partial charge in [0.05, 0.1) is 12.1 Å². The number of amides is 1. The standard InChI is InChI=1S/C19H17N3O3/c1-11-5-6-22-16(7-11)21-12(2)18(22)19(24)20-10-13-3-4-15-14(8-13)9-17(23)25-15/h3-8H,9-10H2,1-2H3,(H,20,24). The van der Waals surface area contributed by atoms with Crippen molar-refractivity contribution in [1.82, 2.24) is 14.7 Å². The highest BCUT2D eigenvalue weighted by Gasteiger charge is 2.21. The summed E-state index contributed by atoms with van der Waals surface area (Å²) >= 11 is 0. The maximum atomic E-state index is 12.6. The SMILES string of the molecule is Cc1ccn2c(C(=O)NCc3ccc4c(c3)CC(=O)O4)c(C)nc2c1. The third kappa shape index (κ3) is 2.76. The molecule has 1 aromatic carbocycles. The summed E-state index contributed by atoms with van der Waals surface area (Å²) in [7, 11) is 0. The molecule has 4 rings (SSSR count). The number of fused-ring (bicyclic) bond motifs is 2. The molecule has 0 fully saturated rings. The van der Waals surface area contributed by atoms with Crippen LogP contribution in [-0.4, -0.2) is 21.3 Å². The third-order valence-electron chi connectivity index (χ3n) is 4.31. The van der Waals surface area contributed by atoms with Crippen molar-refractivity contribution in [2.45, 2.75) is 26.8 Å². The molecular weight excluding hydrogens is 318 g/mol. The van der Waals surface area contributed by atoms with E-state index in [0.717, 1.165) is 22.3 Å². The molecule has 0 radical (unpaired) electrons. The van der Waals surface area contributed by atoms with E-state index < -0.39 is 0 Å². The van der Waals surface area contributed by atoms with Crippen LogP contribution < -0.4 is 10.1 Å². The Labute approximate surface area is 144 Å². The van der Waals surface area contributed by atoms with Gasteiger partial charge in [0.15, 0.2) is 0 Å². The lowest BCUT2D eigenvalue weighted by Gasteiger charge is -2.07. The second-order valence-corrected chi connectivity index (χ2v) is 6.25. The summed E-state index contributed by atoms with van der Waals surface area (Å²) in [5, 5.41) is 2.93. The lowest BCUT2D eigenvalue weighted by atomic mass is 10.1. The second kappa shape index (κ2) is 5.73.